The van der Waals surface area contributed by atoms with E-state index < -0.39 is 5.60 Å². The summed E-state index contributed by atoms with van der Waals surface area (Å²) in [6.07, 6.45) is 4.88. The van der Waals surface area contributed by atoms with E-state index in [0.29, 0.717) is 25.4 Å². The highest BCUT2D eigenvalue weighted by atomic mass is 32.1. The molecule has 2 nitrogen and oxygen atoms in total. The minimum Gasteiger partial charge on any atom is -0.490 e. The third-order valence-electron chi connectivity index (χ3n) is 5.48. The van der Waals surface area contributed by atoms with Crippen molar-refractivity contribution in [2.24, 2.45) is 0 Å². The summed E-state index contributed by atoms with van der Waals surface area (Å²) in [5.41, 5.74) is 3.16. The Morgan fingerprint density at radius 2 is 1.85 bits per heavy atom. The lowest BCUT2D eigenvalue weighted by molar-refractivity contribution is -0.0115. The fourth-order valence-corrected chi connectivity index (χ4v) is 4.37. The Balaban J connectivity index is 1.96. The quantitative estimate of drug-likeness (QED) is 0.520. The van der Waals surface area contributed by atoms with Crippen LogP contribution < -0.4 is 4.74 Å². The molecule has 2 aromatic rings. The van der Waals surface area contributed by atoms with Gasteiger partial charge in [-0.25, -0.2) is 0 Å². The Labute approximate surface area is 163 Å². The molecule has 0 aliphatic carbocycles. The van der Waals surface area contributed by atoms with Crippen LogP contribution in [0.3, 0.4) is 0 Å². The van der Waals surface area contributed by atoms with Gasteiger partial charge in [-0.05, 0) is 86.1 Å². The summed E-state index contributed by atoms with van der Waals surface area (Å²) in [6.45, 7) is 10.9. The largest absolute Gasteiger partial charge is 0.490 e. The first-order valence-electron chi connectivity index (χ1n) is 9.90. The molecule has 1 aromatic heterocycles. The van der Waals surface area contributed by atoms with E-state index in [2.05, 4.69) is 50.4 Å². The Morgan fingerprint density at radius 3 is 2.38 bits per heavy atom. The normalized spacial score (nSPS) is 13.0. The van der Waals surface area contributed by atoms with E-state index in [9.17, 15) is 5.11 Å². The van der Waals surface area contributed by atoms with Crippen molar-refractivity contribution in [2.45, 2.75) is 78.2 Å². The van der Waals surface area contributed by atoms with Crippen molar-refractivity contribution in [3.05, 3.63) is 51.2 Å². The number of rotatable bonds is 10. The average molecular weight is 375 g/mol. The fraction of sp³-hybridized carbons (Fsp3) is 0.565. The molecule has 1 unspecified atom stereocenters. The molecular weight excluding hydrogens is 340 g/mol. The van der Waals surface area contributed by atoms with Crippen molar-refractivity contribution in [3.63, 3.8) is 0 Å². The number of benzene rings is 1. The van der Waals surface area contributed by atoms with Crippen molar-refractivity contribution in [2.75, 3.05) is 6.61 Å². The summed E-state index contributed by atoms with van der Waals surface area (Å²) >= 11 is 1.89. The highest BCUT2D eigenvalue weighted by molar-refractivity contribution is 7.10. The maximum atomic E-state index is 10.4. The highest BCUT2D eigenvalue weighted by Gasteiger charge is 2.23. The van der Waals surface area contributed by atoms with Crippen molar-refractivity contribution in [1.82, 2.24) is 0 Å². The van der Waals surface area contributed by atoms with Crippen LogP contribution in [-0.2, 0) is 6.42 Å². The van der Waals surface area contributed by atoms with Gasteiger partial charge in [-0.15, -0.1) is 11.3 Å². The molecule has 0 saturated carbocycles. The Morgan fingerprint density at radius 1 is 1.12 bits per heavy atom. The molecule has 1 heterocycles. The smallest absolute Gasteiger partial charge is 0.122 e. The second-order valence-electron chi connectivity index (χ2n) is 7.49. The maximum absolute atomic E-state index is 10.4. The van der Waals surface area contributed by atoms with Gasteiger partial charge in [0.15, 0.2) is 0 Å². The van der Waals surface area contributed by atoms with E-state index in [-0.39, 0.29) is 0 Å². The van der Waals surface area contributed by atoms with Crippen LogP contribution in [0.4, 0.5) is 0 Å². The van der Waals surface area contributed by atoms with Gasteiger partial charge in [0.05, 0.1) is 5.60 Å². The van der Waals surface area contributed by atoms with Crippen LogP contribution in [0.1, 0.15) is 73.9 Å². The summed E-state index contributed by atoms with van der Waals surface area (Å²) in [4.78, 5) is 1.51. The molecule has 0 fully saturated rings. The zero-order valence-corrected chi connectivity index (χ0v) is 17.8. The van der Waals surface area contributed by atoms with Crippen LogP contribution in [0.25, 0.3) is 0 Å². The lowest BCUT2D eigenvalue weighted by Gasteiger charge is -2.25. The van der Waals surface area contributed by atoms with Crippen molar-refractivity contribution >= 4 is 11.3 Å². The van der Waals surface area contributed by atoms with E-state index in [0.717, 1.165) is 17.7 Å². The van der Waals surface area contributed by atoms with E-state index in [4.69, 9.17) is 4.74 Å². The third kappa shape index (κ3) is 5.59. The minimum absolute atomic E-state index is 0.357. The number of ether oxygens (including phenoxy) is 1. The molecule has 0 spiro atoms. The van der Waals surface area contributed by atoms with Gasteiger partial charge in [-0.3, -0.25) is 0 Å². The van der Waals surface area contributed by atoms with Crippen molar-refractivity contribution in [1.29, 1.82) is 0 Å². The third-order valence-corrected chi connectivity index (χ3v) is 6.69. The molecule has 1 aromatic carbocycles. The second kappa shape index (κ2) is 9.57. The number of thiophene rings is 1. The number of hydrogen-bond donors (Lipinski definition) is 1. The predicted molar refractivity (Wildman–Crippen MR) is 113 cm³/mol. The summed E-state index contributed by atoms with van der Waals surface area (Å²) < 4.78 is 5.91. The van der Waals surface area contributed by atoms with Crippen LogP contribution in [-0.4, -0.2) is 17.3 Å². The fourth-order valence-electron chi connectivity index (χ4n) is 3.25. The molecule has 1 N–H and O–H groups in total. The zero-order valence-electron chi connectivity index (χ0n) is 17.0. The molecule has 0 bridgehead atoms. The highest BCUT2D eigenvalue weighted by Crippen LogP contribution is 2.31. The summed E-state index contributed by atoms with van der Waals surface area (Å²) in [7, 11) is 0. The van der Waals surface area contributed by atoms with E-state index in [1.807, 2.05) is 25.2 Å². The van der Waals surface area contributed by atoms with Crippen LogP contribution in [0.5, 0.6) is 5.75 Å². The lowest BCUT2D eigenvalue weighted by atomic mass is 9.94. The van der Waals surface area contributed by atoms with Crippen LogP contribution in [0.2, 0.25) is 0 Å². The molecular formula is C23H34O2S. The Bertz CT molecular complexity index is 685. The first-order chi connectivity index (χ1) is 12.4. The minimum atomic E-state index is -0.724. The van der Waals surface area contributed by atoms with E-state index in [1.54, 1.807) is 0 Å². The predicted octanol–water partition coefficient (Wildman–Crippen LogP) is 6.42. The molecule has 0 amide bonds. The maximum Gasteiger partial charge on any atom is 0.122 e. The molecule has 0 radical (unpaired) electrons. The van der Waals surface area contributed by atoms with Gasteiger partial charge in [0.1, 0.15) is 12.4 Å². The van der Waals surface area contributed by atoms with Gasteiger partial charge >= 0.3 is 0 Å². The van der Waals surface area contributed by atoms with Gasteiger partial charge in [-0.1, -0.05) is 32.9 Å². The van der Waals surface area contributed by atoms with Gasteiger partial charge < -0.3 is 9.84 Å². The number of hydrogen-bond acceptors (Lipinski definition) is 3. The monoisotopic (exact) mass is 374 g/mol. The number of aliphatic hydroxyl groups is 1. The number of aryl methyl sites for hydroxylation is 3. The average Bonchev–Trinajstić information content (AvgIpc) is 3.07. The molecule has 144 valence electrons. The second-order valence-corrected chi connectivity index (χ2v) is 8.43. The van der Waals surface area contributed by atoms with E-state index in [1.165, 1.54) is 28.8 Å². The first kappa shape index (κ1) is 21.0. The van der Waals surface area contributed by atoms with E-state index >= 15 is 0 Å². The SMILES string of the molecule is CCC(CCc1ccc(OCC(O)(CC)CC)c(C)c1)c1cc(C)cs1. The molecule has 1 atom stereocenters. The summed E-state index contributed by atoms with van der Waals surface area (Å²) in [5.74, 6) is 1.53. The molecule has 26 heavy (non-hydrogen) atoms. The molecule has 3 heteroatoms. The summed E-state index contributed by atoms with van der Waals surface area (Å²) in [5, 5.41) is 12.6. The molecule has 0 saturated heterocycles. The molecule has 2 rings (SSSR count). The van der Waals surface area contributed by atoms with Crippen molar-refractivity contribution < 1.29 is 9.84 Å². The van der Waals surface area contributed by atoms with Crippen LogP contribution >= 0.6 is 11.3 Å². The van der Waals surface area contributed by atoms with Crippen molar-refractivity contribution in [3.8, 4) is 5.75 Å². The zero-order chi connectivity index (χ0) is 19.2. The van der Waals surface area contributed by atoms with Gasteiger partial charge in [0.25, 0.3) is 0 Å². The van der Waals surface area contributed by atoms with Crippen LogP contribution in [0, 0.1) is 13.8 Å². The van der Waals surface area contributed by atoms with Gasteiger partial charge in [0, 0.05) is 4.88 Å². The van der Waals surface area contributed by atoms with Gasteiger partial charge in [0.2, 0.25) is 0 Å². The topological polar surface area (TPSA) is 29.5 Å². The first-order valence-corrected chi connectivity index (χ1v) is 10.8. The van der Waals surface area contributed by atoms with Crippen LogP contribution in [0.15, 0.2) is 29.6 Å². The Hall–Kier alpha value is -1.32. The lowest BCUT2D eigenvalue weighted by Crippen LogP contribution is -2.34. The molecule has 0 aliphatic heterocycles. The standard InChI is InChI=1S/C23H34O2S/c1-6-20(22-13-17(4)15-26-22)11-9-19-10-12-21(18(5)14-19)25-16-23(24,7-2)8-3/h10,12-15,20,24H,6-9,11,16H2,1-5H3. The Kier molecular flexibility index (Phi) is 7.72. The summed E-state index contributed by atoms with van der Waals surface area (Å²) in [6, 6.07) is 8.81. The van der Waals surface area contributed by atoms with Gasteiger partial charge in [-0.2, -0.15) is 0 Å². The molecule has 0 aliphatic rings.